The van der Waals surface area contributed by atoms with Gasteiger partial charge in [-0.25, -0.2) is 4.79 Å². The lowest BCUT2D eigenvalue weighted by molar-refractivity contribution is -0.298. The lowest BCUT2D eigenvalue weighted by Crippen LogP contribution is -2.60. The van der Waals surface area contributed by atoms with Gasteiger partial charge in [0, 0.05) is 12.8 Å². The van der Waals surface area contributed by atoms with E-state index in [0.717, 1.165) is 64.2 Å². The highest BCUT2D eigenvalue weighted by Gasteiger charge is 2.47. The summed E-state index contributed by atoms with van der Waals surface area (Å²) in [7, 11) is 0. The van der Waals surface area contributed by atoms with Crippen molar-refractivity contribution in [1.82, 2.24) is 0 Å². The van der Waals surface area contributed by atoms with Gasteiger partial charge >= 0.3 is 17.9 Å². The van der Waals surface area contributed by atoms with Gasteiger partial charge in [0.05, 0.1) is 6.61 Å². The second-order valence-corrected chi connectivity index (χ2v) is 17.3. The first-order chi connectivity index (χ1) is 29.7. The Kier molecular flexibility index (Phi) is 37.6. The van der Waals surface area contributed by atoms with Crippen molar-refractivity contribution in [3.63, 3.8) is 0 Å². The molecule has 0 saturated carbocycles. The number of esters is 2. The van der Waals surface area contributed by atoms with Crippen LogP contribution < -0.4 is 0 Å². The van der Waals surface area contributed by atoms with Crippen molar-refractivity contribution in [3.8, 4) is 0 Å². The summed E-state index contributed by atoms with van der Waals surface area (Å²) in [6.45, 7) is 3.76. The Balaban J connectivity index is 2.28. The number of carbonyl (C=O) groups is 3. The Bertz CT molecular complexity index is 1110. The van der Waals surface area contributed by atoms with Gasteiger partial charge in [-0.15, -0.1) is 0 Å². The predicted molar refractivity (Wildman–Crippen MR) is 243 cm³/mol. The molecule has 6 unspecified atom stereocenters. The van der Waals surface area contributed by atoms with Gasteiger partial charge in [0.1, 0.15) is 24.9 Å². The molecule has 0 aromatic rings. The molecule has 1 aliphatic heterocycles. The van der Waals surface area contributed by atoms with Crippen LogP contribution in [0, 0.1) is 0 Å². The van der Waals surface area contributed by atoms with Crippen molar-refractivity contribution in [3.05, 3.63) is 24.3 Å². The van der Waals surface area contributed by atoms with Crippen LogP contribution >= 0.6 is 0 Å². The van der Waals surface area contributed by atoms with Crippen molar-refractivity contribution in [2.75, 3.05) is 13.2 Å². The fourth-order valence-corrected chi connectivity index (χ4v) is 7.62. The standard InChI is InChI=1S/C50H90O11/c1-3-5-7-9-11-13-15-17-18-19-20-21-22-23-24-25-27-29-31-33-35-37-39-44(52)60-42(41-59-50-47(55)45(53)46(54)48(61-50)49(56)57)40-58-43(51)38-36-34-32-30-28-26-16-14-12-10-8-6-4-2/h8,10,14,16,42,45-48,50,53-55H,3-7,9,11-13,15,17-41H2,1-2H3,(H,56,57)/b10-8-,16-14-. The molecule has 0 spiro atoms. The van der Waals surface area contributed by atoms with Gasteiger partial charge in [0.15, 0.2) is 18.5 Å². The number of hydrogen-bond donors (Lipinski definition) is 4. The van der Waals surface area contributed by atoms with Crippen molar-refractivity contribution in [1.29, 1.82) is 0 Å². The molecular formula is C50H90O11. The maximum atomic E-state index is 12.8. The molecule has 1 aliphatic rings. The number of ether oxygens (including phenoxy) is 4. The molecule has 0 amide bonds. The summed E-state index contributed by atoms with van der Waals surface area (Å²) < 4.78 is 21.8. The van der Waals surface area contributed by atoms with Gasteiger partial charge in [0.25, 0.3) is 0 Å². The summed E-state index contributed by atoms with van der Waals surface area (Å²) in [6, 6.07) is 0. The largest absolute Gasteiger partial charge is 0.479 e. The predicted octanol–water partition coefficient (Wildman–Crippen LogP) is 11.4. The SMILES string of the molecule is CCC/C=C\C/C=C\CCCCCCCC(=O)OCC(COC1OC(C(=O)O)C(O)C(O)C1O)OC(=O)CCCCCCCCCCCCCCCCCCCCCCCC. The number of carboxylic acids is 1. The van der Waals surface area contributed by atoms with E-state index in [2.05, 4.69) is 38.2 Å². The van der Waals surface area contributed by atoms with Crippen LogP contribution in [0.4, 0.5) is 0 Å². The normalized spacial score (nSPS) is 19.8. The van der Waals surface area contributed by atoms with E-state index >= 15 is 0 Å². The van der Waals surface area contributed by atoms with Crippen LogP contribution in [0.25, 0.3) is 0 Å². The molecule has 356 valence electrons. The third kappa shape index (κ3) is 32.1. The number of carbonyl (C=O) groups excluding carboxylic acids is 2. The summed E-state index contributed by atoms with van der Waals surface area (Å²) >= 11 is 0. The van der Waals surface area contributed by atoms with Crippen LogP contribution in [-0.4, -0.2) is 88.4 Å². The number of carboxylic acid groups (broad SMARTS) is 1. The first-order valence-electron chi connectivity index (χ1n) is 24.9. The van der Waals surface area contributed by atoms with Crippen molar-refractivity contribution in [2.24, 2.45) is 0 Å². The molecule has 1 saturated heterocycles. The minimum absolute atomic E-state index is 0.184. The van der Waals surface area contributed by atoms with E-state index in [1.807, 2.05) is 0 Å². The zero-order valence-electron chi connectivity index (χ0n) is 38.7. The molecule has 6 atom stereocenters. The molecule has 0 radical (unpaired) electrons. The molecule has 1 rings (SSSR count). The van der Waals surface area contributed by atoms with Crippen molar-refractivity contribution >= 4 is 17.9 Å². The highest BCUT2D eigenvalue weighted by atomic mass is 16.7. The Labute approximate surface area is 370 Å². The van der Waals surface area contributed by atoms with E-state index in [0.29, 0.717) is 12.8 Å². The number of unbranched alkanes of at least 4 members (excludes halogenated alkanes) is 27. The van der Waals surface area contributed by atoms with Gasteiger partial charge in [-0.1, -0.05) is 199 Å². The second kappa shape index (κ2) is 40.5. The van der Waals surface area contributed by atoms with Crippen LogP contribution in [0.3, 0.4) is 0 Å². The lowest BCUT2D eigenvalue weighted by Gasteiger charge is -2.38. The zero-order chi connectivity index (χ0) is 44.6. The van der Waals surface area contributed by atoms with Crippen molar-refractivity contribution < 1.29 is 53.8 Å². The van der Waals surface area contributed by atoms with Gasteiger partial charge < -0.3 is 39.4 Å². The molecule has 0 aromatic heterocycles. The summed E-state index contributed by atoms with van der Waals surface area (Å²) in [5, 5.41) is 39.9. The van der Waals surface area contributed by atoms with Crippen LogP contribution in [0.1, 0.15) is 226 Å². The average molecular weight is 867 g/mol. The van der Waals surface area contributed by atoms with Crippen LogP contribution in [-0.2, 0) is 33.3 Å². The van der Waals surface area contributed by atoms with Gasteiger partial charge in [-0.05, 0) is 38.5 Å². The minimum Gasteiger partial charge on any atom is -0.479 e. The van der Waals surface area contributed by atoms with Gasteiger partial charge in [-0.3, -0.25) is 9.59 Å². The molecule has 11 heteroatoms. The number of aliphatic carboxylic acids is 1. The summed E-state index contributed by atoms with van der Waals surface area (Å²) in [6.07, 6.45) is 36.7. The maximum absolute atomic E-state index is 12.8. The molecule has 61 heavy (non-hydrogen) atoms. The van der Waals surface area contributed by atoms with Gasteiger partial charge in [-0.2, -0.15) is 0 Å². The number of aliphatic hydroxyl groups excluding tert-OH is 3. The molecule has 0 bridgehead atoms. The first kappa shape index (κ1) is 56.7. The number of hydrogen-bond acceptors (Lipinski definition) is 10. The van der Waals surface area contributed by atoms with Crippen LogP contribution in [0.15, 0.2) is 24.3 Å². The fraction of sp³-hybridized carbons (Fsp3) is 0.860. The van der Waals surface area contributed by atoms with Crippen molar-refractivity contribution in [2.45, 2.75) is 263 Å². The highest BCUT2D eigenvalue weighted by Crippen LogP contribution is 2.23. The smallest absolute Gasteiger partial charge is 0.335 e. The van der Waals surface area contributed by atoms with Gasteiger partial charge in [0.2, 0.25) is 0 Å². The molecule has 1 fully saturated rings. The third-order valence-electron chi connectivity index (χ3n) is 11.5. The number of aliphatic hydroxyl groups is 3. The fourth-order valence-electron chi connectivity index (χ4n) is 7.62. The quantitative estimate of drug-likeness (QED) is 0.0262. The van der Waals surface area contributed by atoms with E-state index < -0.39 is 61.3 Å². The highest BCUT2D eigenvalue weighted by molar-refractivity contribution is 5.73. The third-order valence-corrected chi connectivity index (χ3v) is 11.5. The van der Waals surface area contributed by atoms with E-state index in [1.165, 1.54) is 122 Å². The van der Waals surface area contributed by atoms with Crippen LogP contribution in [0.5, 0.6) is 0 Å². The maximum Gasteiger partial charge on any atom is 0.335 e. The monoisotopic (exact) mass is 867 g/mol. The van der Waals surface area contributed by atoms with E-state index in [4.69, 9.17) is 18.9 Å². The zero-order valence-corrected chi connectivity index (χ0v) is 38.7. The minimum atomic E-state index is -1.86. The Hall–Kier alpha value is -2.31. The van der Waals surface area contributed by atoms with Crippen LogP contribution in [0.2, 0.25) is 0 Å². The van der Waals surface area contributed by atoms with E-state index in [1.54, 1.807) is 0 Å². The number of allylic oxidation sites excluding steroid dienone is 4. The lowest BCUT2D eigenvalue weighted by atomic mass is 9.99. The molecular weight excluding hydrogens is 777 g/mol. The Morgan fingerprint density at radius 3 is 1.43 bits per heavy atom. The van der Waals surface area contributed by atoms with E-state index in [-0.39, 0.29) is 19.4 Å². The Morgan fingerprint density at radius 1 is 0.508 bits per heavy atom. The molecule has 0 aliphatic carbocycles. The second-order valence-electron chi connectivity index (χ2n) is 17.3. The Morgan fingerprint density at radius 2 is 0.951 bits per heavy atom. The topological polar surface area (TPSA) is 169 Å². The summed E-state index contributed by atoms with van der Waals surface area (Å²) in [5.41, 5.74) is 0. The van der Waals surface area contributed by atoms with E-state index in [9.17, 15) is 34.8 Å². The molecule has 0 aromatic carbocycles. The molecule has 11 nitrogen and oxygen atoms in total. The number of rotatable bonds is 42. The average Bonchev–Trinajstić information content (AvgIpc) is 3.24. The summed E-state index contributed by atoms with van der Waals surface area (Å²) in [5.74, 6) is -2.45. The molecule has 4 N–H and O–H groups in total. The first-order valence-corrected chi connectivity index (χ1v) is 24.9. The molecule has 1 heterocycles. The summed E-state index contributed by atoms with van der Waals surface area (Å²) in [4.78, 5) is 36.9.